The zero-order valence-electron chi connectivity index (χ0n) is 12.7. The zero-order valence-corrected chi connectivity index (χ0v) is 13.5. The maximum Gasteiger partial charge on any atom is 0.268 e. The van der Waals surface area contributed by atoms with Crippen LogP contribution in [0.3, 0.4) is 0 Å². The number of amides is 1. The third-order valence-corrected chi connectivity index (χ3v) is 5.27. The molecule has 1 aromatic rings. The minimum Gasteiger partial charge on any atom is -0.475 e. The fraction of sp³-hybridized carbons (Fsp3) is 0.500. The summed E-state index contributed by atoms with van der Waals surface area (Å²) >= 11 is 0. The topological polar surface area (TPSA) is 111 Å². The molecule has 0 fully saturated rings. The van der Waals surface area contributed by atoms with Gasteiger partial charge in [-0.15, -0.1) is 0 Å². The molecular formula is C14H21N3O4S. The first kappa shape index (κ1) is 16.7. The molecule has 0 saturated heterocycles. The molecule has 0 spiro atoms. The van der Waals surface area contributed by atoms with Crippen LogP contribution < -0.4 is 20.5 Å². The van der Waals surface area contributed by atoms with E-state index in [1.54, 1.807) is 6.07 Å². The van der Waals surface area contributed by atoms with Crippen molar-refractivity contribution in [1.82, 2.24) is 4.72 Å². The lowest BCUT2D eigenvalue weighted by molar-refractivity contribution is -0.133. The van der Waals surface area contributed by atoms with Crippen molar-refractivity contribution >= 4 is 21.6 Å². The third kappa shape index (κ3) is 2.94. The van der Waals surface area contributed by atoms with E-state index in [1.807, 2.05) is 13.8 Å². The third-order valence-electron chi connectivity index (χ3n) is 3.81. The van der Waals surface area contributed by atoms with Crippen molar-refractivity contribution in [2.24, 2.45) is 5.73 Å². The lowest BCUT2D eigenvalue weighted by atomic mass is 9.94. The molecule has 0 saturated carbocycles. The molecule has 0 bridgehead atoms. The number of anilines is 1. The minimum atomic E-state index is -3.65. The molecule has 1 aliphatic rings. The number of carbonyl (C=O) groups is 1. The Kier molecular flexibility index (Phi) is 4.74. The second kappa shape index (κ2) is 6.23. The van der Waals surface area contributed by atoms with Gasteiger partial charge in [0, 0.05) is 13.1 Å². The van der Waals surface area contributed by atoms with E-state index < -0.39 is 15.6 Å². The Bertz CT molecular complexity index is 669. The van der Waals surface area contributed by atoms with Crippen LogP contribution in [0, 0.1) is 0 Å². The van der Waals surface area contributed by atoms with Gasteiger partial charge in [0.2, 0.25) is 10.0 Å². The van der Waals surface area contributed by atoms with Crippen LogP contribution in [-0.4, -0.2) is 33.0 Å². The first-order chi connectivity index (χ1) is 10.4. The first-order valence-electron chi connectivity index (χ1n) is 7.23. The van der Waals surface area contributed by atoms with Gasteiger partial charge in [0.05, 0.1) is 10.6 Å². The van der Waals surface area contributed by atoms with Crippen molar-refractivity contribution in [3.8, 4) is 5.75 Å². The second-order valence-corrected chi connectivity index (χ2v) is 6.87. The number of fused-ring (bicyclic) bond motifs is 1. The molecule has 1 heterocycles. The molecule has 0 atom stereocenters. The Morgan fingerprint density at radius 2 is 2.00 bits per heavy atom. The molecule has 1 aromatic carbocycles. The Labute approximate surface area is 130 Å². The number of sulfonamides is 1. The van der Waals surface area contributed by atoms with Gasteiger partial charge in [-0.2, -0.15) is 0 Å². The lowest BCUT2D eigenvalue weighted by Gasteiger charge is -2.36. The fourth-order valence-electron chi connectivity index (χ4n) is 2.35. The Morgan fingerprint density at radius 1 is 1.32 bits per heavy atom. The molecule has 7 nitrogen and oxygen atoms in total. The van der Waals surface area contributed by atoms with E-state index in [0.717, 1.165) is 0 Å². The van der Waals surface area contributed by atoms with Crippen LogP contribution in [0.1, 0.15) is 26.7 Å². The predicted molar refractivity (Wildman–Crippen MR) is 83.3 cm³/mol. The molecule has 4 N–H and O–H groups in total. The molecule has 0 radical (unpaired) electrons. The number of ether oxygens (including phenoxy) is 1. The quantitative estimate of drug-likeness (QED) is 0.716. The van der Waals surface area contributed by atoms with Gasteiger partial charge in [-0.25, -0.2) is 13.1 Å². The number of rotatable bonds is 6. The van der Waals surface area contributed by atoms with E-state index in [1.165, 1.54) is 12.1 Å². The van der Waals surface area contributed by atoms with Gasteiger partial charge in [0.1, 0.15) is 5.75 Å². The van der Waals surface area contributed by atoms with Gasteiger partial charge in [-0.3, -0.25) is 4.79 Å². The van der Waals surface area contributed by atoms with Gasteiger partial charge in [0.25, 0.3) is 5.91 Å². The van der Waals surface area contributed by atoms with Crippen LogP contribution in [0.15, 0.2) is 23.1 Å². The number of benzene rings is 1. The summed E-state index contributed by atoms with van der Waals surface area (Å²) in [6, 6.07) is 4.40. The van der Waals surface area contributed by atoms with Gasteiger partial charge in [-0.05, 0) is 31.0 Å². The molecule has 8 heteroatoms. The zero-order chi connectivity index (χ0) is 16.4. The van der Waals surface area contributed by atoms with Crippen molar-refractivity contribution in [2.75, 3.05) is 18.4 Å². The summed E-state index contributed by atoms with van der Waals surface area (Å²) in [5.41, 5.74) is 4.76. The van der Waals surface area contributed by atoms with E-state index >= 15 is 0 Å². The summed E-state index contributed by atoms with van der Waals surface area (Å²) < 4.78 is 32.4. The highest BCUT2D eigenvalue weighted by atomic mass is 32.2. The van der Waals surface area contributed by atoms with Crippen molar-refractivity contribution in [3.05, 3.63) is 18.2 Å². The van der Waals surface area contributed by atoms with Gasteiger partial charge in [0.15, 0.2) is 5.60 Å². The molecule has 0 aliphatic carbocycles. The summed E-state index contributed by atoms with van der Waals surface area (Å²) in [5.74, 6) is 0.218. The van der Waals surface area contributed by atoms with E-state index in [2.05, 4.69) is 10.0 Å². The van der Waals surface area contributed by atoms with Crippen LogP contribution in [0.25, 0.3) is 0 Å². The monoisotopic (exact) mass is 327 g/mol. The summed E-state index contributed by atoms with van der Waals surface area (Å²) in [6.07, 6.45) is 1.07. The highest BCUT2D eigenvalue weighted by molar-refractivity contribution is 7.89. The van der Waals surface area contributed by atoms with Gasteiger partial charge < -0.3 is 15.8 Å². The fourth-order valence-corrected chi connectivity index (χ4v) is 3.42. The Hall–Kier alpha value is -1.64. The predicted octanol–water partition coefficient (Wildman–Crippen LogP) is 0.813. The number of hydrogen-bond acceptors (Lipinski definition) is 5. The van der Waals surface area contributed by atoms with Crippen LogP contribution >= 0.6 is 0 Å². The number of nitrogens with one attached hydrogen (secondary N) is 2. The first-order valence-corrected chi connectivity index (χ1v) is 8.71. The van der Waals surface area contributed by atoms with E-state index in [4.69, 9.17) is 10.5 Å². The Balaban J connectivity index is 2.35. The average molecular weight is 327 g/mol. The van der Waals surface area contributed by atoms with E-state index in [0.29, 0.717) is 24.3 Å². The van der Waals surface area contributed by atoms with Crippen LogP contribution in [0.4, 0.5) is 5.69 Å². The molecule has 1 aliphatic heterocycles. The van der Waals surface area contributed by atoms with Crippen LogP contribution in [-0.2, 0) is 14.8 Å². The molecule has 0 aromatic heterocycles. The van der Waals surface area contributed by atoms with Gasteiger partial charge in [-0.1, -0.05) is 13.8 Å². The maximum atomic E-state index is 12.3. The molecule has 122 valence electrons. The number of nitrogens with two attached hydrogens (primary N) is 1. The standard InChI is InChI=1S/C14H21N3O4S/c1-3-14(4-2)13(18)17-11-9-10(5-6-12(11)21-14)22(19,20)16-8-7-15/h5-6,9,16H,3-4,7-8,15H2,1-2H3,(H,17,18). The number of hydrogen-bond donors (Lipinski definition) is 3. The molecule has 1 amide bonds. The van der Waals surface area contributed by atoms with Crippen LogP contribution in [0.5, 0.6) is 5.75 Å². The molecular weight excluding hydrogens is 306 g/mol. The number of carbonyl (C=O) groups excluding carboxylic acids is 1. The van der Waals surface area contributed by atoms with E-state index in [9.17, 15) is 13.2 Å². The lowest BCUT2D eigenvalue weighted by Crippen LogP contribution is -2.50. The average Bonchev–Trinajstić information content (AvgIpc) is 2.52. The normalized spacial score (nSPS) is 16.6. The summed E-state index contributed by atoms with van der Waals surface area (Å²) in [6.45, 7) is 4.11. The van der Waals surface area contributed by atoms with Crippen LogP contribution in [0.2, 0.25) is 0 Å². The minimum absolute atomic E-state index is 0.0593. The van der Waals surface area contributed by atoms with E-state index in [-0.39, 0.29) is 23.9 Å². The Morgan fingerprint density at radius 3 is 2.59 bits per heavy atom. The summed E-state index contributed by atoms with van der Waals surface area (Å²) in [4.78, 5) is 12.3. The molecule has 0 unspecified atom stereocenters. The SMILES string of the molecule is CCC1(CC)Oc2ccc(S(=O)(=O)NCCN)cc2NC1=O. The maximum absolute atomic E-state index is 12.3. The highest BCUT2D eigenvalue weighted by Crippen LogP contribution is 2.37. The summed E-state index contributed by atoms with van der Waals surface area (Å²) in [5, 5.41) is 2.74. The molecule has 2 rings (SSSR count). The largest absolute Gasteiger partial charge is 0.475 e. The molecule has 22 heavy (non-hydrogen) atoms. The second-order valence-electron chi connectivity index (χ2n) is 5.10. The highest BCUT2D eigenvalue weighted by Gasteiger charge is 2.41. The van der Waals surface area contributed by atoms with Crippen molar-refractivity contribution in [1.29, 1.82) is 0 Å². The van der Waals surface area contributed by atoms with Crippen molar-refractivity contribution in [2.45, 2.75) is 37.2 Å². The smallest absolute Gasteiger partial charge is 0.268 e. The van der Waals surface area contributed by atoms with Gasteiger partial charge >= 0.3 is 0 Å². The summed E-state index contributed by atoms with van der Waals surface area (Å²) in [7, 11) is -3.65. The van der Waals surface area contributed by atoms with Crippen molar-refractivity contribution < 1.29 is 17.9 Å². The van der Waals surface area contributed by atoms with Crippen molar-refractivity contribution in [3.63, 3.8) is 0 Å².